The maximum absolute atomic E-state index is 14.0. The second-order valence-corrected chi connectivity index (χ2v) is 19.5. The summed E-state index contributed by atoms with van der Waals surface area (Å²) in [5.41, 5.74) is 0.697. The molecule has 6 rings (SSSR count). The van der Waals surface area contributed by atoms with Crippen LogP contribution in [-0.4, -0.2) is 29.1 Å². The minimum absolute atomic E-state index is 0.00861. The summed E-state index contributed by atoms with van der Waals surface area (Å²) in [4.78, 5) is 38.5. The van der Waals surface area contributed by atoms with Crippen molar-refractivity contribution in [3.8, 4) is 0 Å². The maximum Gasteiger partial charge on any atom is 0.309 e. The molecule has 0 radical (unpaired) electrons. The number of halogens is 1. The summed E-state index contributed by atoms with van der Waals surface area (Å²) in [5.74, 6) is 0.512. The zero-order chi connectivity index (χ0) is 36.7. The Labute approximate surface area is 299 Å². The fraction of sp³-hybridized carbons (Fsp3) is 0.744. The molecule has 50 heavy (non-hydrogen) atoms. The van der Waals surface area contributed by atoms with Gasteiger partial charge in [0.1, 0.15) is 11.9 Å². The van der Waals surface area contributed by atoms with E-state index in [0.29, 0.717) is 41.7 Å². The highest BCUT2D eigenvalue weighted by molar-refractivity contribution is 5.91. The lowest BCUT2D eigenvalue weighted by Crippen LogP contribution is -2.66. The van der Waals surface area contributed by atoms with E-state index in [-0.39, 0.29) is 51.3 Å². The van der Waals surface area contributed by atoms with E-state index in [0.717, 1.165) is 57.8 Å². The fourth-order valence-electron chi connectivity index (χ4n) is 13.5. The number of hydrogen-bond acceptors (Lipinski definition) is 4. The molecule has 10 atom stereocenters. The van der Waals surface area contributed by atoms with E-state index in [1.54, 1.807) is 26.0 Å². The van der Waals surface area contributed by atoms with Crippen LogP contribution in [0.15, 0.2) is 36.4 Å². The first-order valence-corrected chi connectivity index (χ1v) is 19.3. The number of carbonyl (C=O) groups excluding carboxylic acids is 2. The third-order valence-electron chi connectivity index (χ3n) is 16.2. The molecule has 5 aliphatic rings. The van der Waals surface area contributed by atoms with Gasteiger partial charge < -0.3 is 15.2 Å². The van der Waals surface area contributed by atoms with Crippen molar-refractivity contribution in [2.75, 3.05) is 5.32 Å². The number of rotatable bonds is 8. The molecule has 0 heterocycles. The third-order valence-corrected chi connectivity index (χ3v) is 16.2. The minimum atomic E-state index is -1.16. The van der Waals surface area contributed by atoms with E-state index in [1.165, 1.54) is 24.1 Å². The predicted molar refractivity (Wildman–Crippen MR) is 195 cm³/mol. The van der Waals surface area contributed by atoms with Crippen LogP contribution in [0.3, 0.4) is 0 Å². The predicted octanol–water partition coefficient (Wildman–Crippen LogP) is 10.2. The van der Waals surface area contributed by atoms with Gasteiger partial charge in [0.15, 0.2) is 0 Å². The average molecular weight is 692 g/mol. The summed E-state index contributed by atoms with van der Waals surface area (Å²) in [6.45, 7) is 22.2. The van der Waals surface area contributed by atoms with Crippen LogP contribution in [0.25, 0.3) is 0 Å². The molecule has 5 fully saturated rings. The van der Waals surface area contributed by atoms with Crippen molar-refractivity contribution in [1.82, 2.24) is 0 Å². The number of nitrogens with one attached hydrogen (secondary N) is 1. The molecule has 5 aliphatic carbocycles. The number of fused-ring (bicyclic) bond motifs is 7. The Morgan fingerprint density at radius 3 is 2.32 bits per heavy atom. The monoisotopic (exact) mass is 691 g/mol. The first kappa shape index (κ1) is 37.1. The van der Waals surface area contributed by atoms with Crippen molar-refractivity contribution < 1.29 is 28.6 Å². The molecule has 1 amide bonds. The number of anilines is 1. The standard InChI is InChI=1S/C43H62FNO5/c1-26(2)29-15-20-43(24-34(46)45-28-12-10-11-27(44)23-28)22-21-41(8)30(36(29)43)13-14-32-40(7)18-17-33(50-35(47)25-38(3,4)37(48)49)39(5,6)31(40)16-19-42(32,41)9/h10-12,23,29-33,36H,1,13-22,24-25H2,2-9H3,(H,45,46)(H,48,49)/t29-,30+,31-,32+,33-,36+,40-,41+,42+,43+/m0/s1. The highest BCUT2D eigenvalue weighted by atomic mass is 19.1. The fourth-order valence-corrected chi connectivity index (χ4v) is 13.5. The maximum atomic E-state index is 14.0. The number of benzene rings is 1. The van der Waals surface area contributed by atoms with Crippen molar-refractivity contribution in [1.29, 1.82) is 0 Å². The van der Waals surface area contributed by atoms with E-state index >= 15 is 0 Å². The number of amides is 1. The van der Waals surface area contributed by atoms with Crippen LogP contribution >= 0.6 is 0 Å². The van der Waals surface area contributed by atoms with Gasteiger partial charge in [0.05, 0.1) is 11.8 Å². The first-order chi connectivity index (χ1) is 23.2. The van der Waals surface area contributed by atoms with Crippen LogP contribution in [0.5, 0.6) is 0 Å². The average Bonchev–Trinajstić information content (AvgIpc) is 3.38. The summed E-state index contributed by atoms with van der Waals surface area (Å²) < 4.78 is 20.1. The van der Waals surface area contributed by atoms with Gasteiger partial charge >= 0.3 is 11.9 Å². The Bertz CT molecular complexity index is 1550. The van der Waals surface area contributed by atoms with E-state index in [4.69, 9.17) is 4.74 Å². The number of carboxylic acids is 1. The van der Waals surface area contributed by atoms with Gasteiger partial charge in [-0.3, -0.25) is 14.4 Å². The lowest BCUT2D eigenvalue weighted by Gasteiger charge is -2.73. The van der Waals surface area contributed by atoms with Crippen LogP contribution in [-0.2, 0) is 19.1 Å². The lowest BCUT2D eigenvalue weighted by molar-refractivity contribution is -0.250. The molecule has 276 valence electrons. The Kier molecular flexibility index (Phi) is 9.24. The SMILES string of the molecule is C=C(C)[C@@H]1CC[C@]2(CC(=O)Nc3cccc(F)c3)CC[C@]3(C)[C@H](CC[C@@H]4[C@@]5(C)CC[C@H](OC(=O)CC(C)(C)C(=O)O)C(C)(C)[C@@H]5CC[C@]43C)[C@@H]12. The quantitative estimate of drug-likeness (QED) is 0.209. The Hall–Kier alpha value is -2.70. The van der Waals surface area contributed by atoms with E-state index in [2.05, 4.69) is 53.4 Å². The smallest absolute Gasteiger partial charge is 0.309 e. The number of allylic oxidation sites excluding steroid dienone is 1. The second kappa shape index (κ2) is 12.5. The molecule has 1 aromatic rings. The molecule has 0 spiro atoms. The summed E-state index contributed by atoms with van der Waals surface area (Å²) in [7, 11) is 0. The summed E-state index contributed by atoms with van der Waals surface area (Å²) in [6.07, 6.45) is 10.7. The van der Waals surface area contributed by atoms with Gasteiger partial charge in [0.2, 0.25) is 5.91 Å². The van der Waals surface area contributed by atoms with E-state index in [9.17, 15) is 23.9 Å². The number of esters is 1. The largest absolute Gasteiger partial charge is 0.481 e. The third kappa shape index (κ3) is 5.75. The van der Waals surface area contributed by atoms with Crippen molar-refractivity contribution >= 4 is 23.5 Å². The highest BCUT2D eigenvalue weighted by Gasteiger charge is 2.71. The molecule has 0 saturated heterocycles. The second-order valence-electron chi connectivity index (χ2n) is 19.5. The van der Waals surface area contributed by atoms with Gasteiger partial charge in [-0.2, -0.15) is 0 Å². The van der Waals surface area contributed by atoms with Crippen molar-refractivity contribution in [3.63, 3.8) is 0 Å². The number of carboxylic acid groups (broad SMARTS) is 1. The first-order valence-electron chi connectivity index (χ1n) is 19.3. The number of aliphatic carboxylic acids is 1. The van der Waals surface area contributed by atoms with Gasteiger partial charge in [-0.15, -0.1) is 0 Å². The van der Waals surface area contributed by atoms with Crippen LogP contribution < -0.4 is 5.32 Å². The van der Waals surface area contributed by atoms with Crippen molar-refractivity contribution in [3.05, 3.63) is 42.2 Å². The Morgan fingerprint density at radius 1 is 0.940 bits per heavy atom. The molecule has 0 aromatic heterocycles. The zero-order valence-corrected chi connectivity index (χ0v) is 31.9. The molecular formula is C43H62FNO5. The molecule has 7 heteroatoms. The van der Waals surface area contributed by atoms with Gasteiger partial charge in [0.25, 0.3) is 0 Å². The zero-order valence-electron chi connectivity index (χ0n) is 31.9. The normalized spacial score (nSPS) is 40.3. The molecule has 0 aliphatic heterocycles. The summed E-state index contributed by atoms with van der Waals surface area (Å²) in [6, 6.07) is 6.20. The molecule has 6 nitrogen and oxygen atoms in total. The van der Waals surface area contributed by atoms with E-state index in [1.807, 2.05) is 0 Å². The summed E-state index contributed by atoms with van der Waals surface area (Å²) >= 11 is 0. The number of ether oxygens (including phenoxy) is 1. The van der Waals surface area contributed by atoms with Crippen LogP contribution in [0, 0.1) is 67.9 Å². The summed E-state index contributed by atoms with van der Waals surface area (Å²) in [5, 5.41) is 12.6. The van der Waals surface area contributed by atoms with Crippen LogP contribution in [0.1, 0.15) is 132 Å². The van der Waals surface area contributed by atoms with Gasteiger partial charge in [-0.25, -0.2) is 4.39 Å². The molecule has 1 aromatic carbocycles. The van der Waals surface area contributed by atoms with E-state index < -0.39 is 17.4 Å². The molecule has 5 saturated carbocycles. The van der Waals surface area contributed by atoms with Crippen LogP contribution in [0.4, 0.5) is 10.1 Å². The number of hydrogen-bond donors (Lipinski definition) is 2. The van der Waals surface area contributed by atoms with Gasteiger partial charge in [-0.05, 0) is 154 Å². The topological polar surface area (TPSA) is 92.7 Å². The van der Waals surface area contributed by atoms with Crippen molar-refractivity contribution in [2.45, 2.75) is 139 Å². The minimum Gasteiger partial charge on any atom is -0.481 e. The molecule has 0 unspecified atom stereocenters. The Balaban J connectivity index is 1.25. The molecular weight excluding hydrogens is 629 g/mol. The van der Waals surface area contributed by atoms with Crippen molar-refractivity contribution in [2.24, 2.45) is 62.1 Å². The van der Waals surface area contributed by atoms with Crippen LogP contribution in [0.2, 0.25) is 0 Å². The highest BCUT2D eigenvalue weighted by Crippen LogP contribution is 2.78. The lowest BCUT2D eigenvalue weighted by atomic mass is 9.32. The van der Waals surface area contributed by atoms with Gasteiger partial charge in [-0.1, -0.05) is 52.8 Å². The number of carbonyl (C=O) groups is 3. The molecule has 0 bridgehead atoms. The van der Waals surface area contributed by atoms with Gasteiger partial charge in [0, 0.05) is 17.5 Å². The molecule has 2 N–H and O–H groups in total. The Morgan fingerprint density at radius 2 is 1.66 bits per heavy atom.